The van der Waals surface area contributed by atoms with E-state index in [9.17, 15) is 0 Å². The van der Waals surface area contributed by atoms with E-state index in [0.29, 0.717) is 0 Å². The SMILES string of the molecule is C1=C/C2=C/C3=NC(C=C3)c3ccc([nH]3)/C=c3/cc/c([nH]3)=C/C1=N2. The van der Waals surface area contributed by atoms with Crippen molar-refractivity contribution in [2.75, 3.05) is 0 Å². The van der Waals surface area contributed by atoms with E-state index in [4.69, 9.17) is 4.99 Å². The second-order valence-corrected chi connectivity index (χ2v) is 5.82. The first kappa shape index (κ1) is 12.4. The first-order valence-corrected chi connectivity index (χ1v) is 7.64. The summed E-state index contributed by atoms with van der Waals surface area (Å²) in [5, 5.41) is 2.10. The van der Waals surface area contributed by atoms with E-state index in [1.165, 1.54) is 0 Å². The Balaban J connectivity index is 1.74. The highest BCUT2D eigenvalue weighted by Gasteiger charge is 2.14. The van der Waals surface area contributed by atoms with E-state index in [1.54, 1.807) is 0 Å². The first-order chi connectivity index (χ1) is 11.3. The first-order valence-electron chi connectivity index (χ1n) is 7.64. The van der Waals surface area contributed by atoms with Crippen LogP contribution in [-0.2, 0) is 0 Å². The van der Waals surface area contributed by atoms with Crippen molar-refractivity contribution in [3.63, 3.8) is 0 Å². The van der Waals surface area contributed by atoms with Crippen LogP contribution in [0.25, 0.3) is 12.2 Å². The molecule has 0 fully saturated rings. The standard InChI is InChI=1S/C19H14N4/c1-3-14-10-16-5-7-18(22-16)19-8-6-17(23-19)11-15-4-2-13(21-15)9-12(1)20-14/h1-11,18,21,23H/b13-9-,14-10-,15-11-. The minimum absolute atomic E-state index is 0.0497. The van der Waals surface area contributed by atoms with Gasteiger partial charge >= 0.3 is 0 Å². The molecule has 0 aromatic carbocycles. The van der Waals surface area contributed by atoms with E-state index >= 15 is 0 Å². The number of H-pyrrole nitrogens is 2. The number of rotatable bonds is 0. The van der Waals surface area contributed by atoms with Crippen molar-refractivity contribution in [2.45, 2.75) is 6.04 Å². The Bertz CT molecular complexity index is 1070. The molecule has 5 heterocycles. The molecule has 3 aliphatic rings. The molecule has 8 bridgehead atoms. The fourth-order valence-electron chi connectivity index (χ4n) is 3.01. The van der Waals surface area contributed by atoms with Crippen LogP contribution in [0.4, 0.5) is 0 Å². The summed E-state index contributed by atoms with van der Waals surface area (Å²) in [6.07, 6.45) is 14.4. The van der Waals surface area contributed by atoms with Crippen molar-refractivity contribution in [3.8, 4) is 0 Å². The predicted octanol–water partition coefficient (Wildman–Crippen LogP) is 1.91. The van der Waals surface area contributed by atoms with Gasteiger partial charge in [0.05, 0.1) is 17.1 Å². The molecule has 2 aromatic rings. The molecule has 4 nitrogen and oxygen atoms in total. The van der Waals surface area contributed by atoms with Crippen molar-refractivity contribution < 1.29 is 0 Å². The van der Waals surface area contributed by atoms with Crippen LogP contribution in [0.15, 0.2) is 70.3 Å². The zero-order chi connectivity index (χ0) is 15.2. The zero-order valence-corrected chi connectivity index (χ0v) is 12.3. The average molecular weight is 298 g/mol. The summed E-state index contributed by atoms with van der Waals surface area (Å²) < 4.78 is 0. The Labute approximate surface area is 132 Å². The fourth-order valence-corrected chi connectivity index (χ4v) is 3.01. The maximum Gasteiger partial charge on any atom is 0.109 e. The van der Waals surface area contributed by atoms with Gasteiger partial charge < -0.3 is 9.97 Å². The number of hydrogen-bond donors (Lipinski definition) is 2. The number of fused-ring (bicyclic) bond motifs is 7. The van der Waals surface area contributed by atoms with Crippen LogP contribution in [0, 0.1) is 0 Å². The lowest BCUT2D eigenvalue weighted by atomic mass is 10.2. The molecule has 5 rings (SSSR count). The lowest BCUT2D eigenvalue weighted by Crippen LogP contribution is -2.10. The van der Waals surface area contributed by atoms with Gasteiger partial charge in [0, 0.05) is 22.1 Å². The van der Waals surface area contributed by atoms with Gasteiger partial charge in [0.25, 0.3) is 0 Å². The molecule has 2 N–H and O–H groups in total. The summed E-state index contributed by atoms with van der Waals surface area (Å²) >= 11 is 0. The van der Waals surface area contributed by atoms with Crippen molar-refractivity contribution >= 4 is 23.6 Å². The van der Waals surface area contributed by atoms with Crippen molar-refractivity contribution in [1.82, 2.24) is 9.97 Å². The van der Waals surface area contributed by atoms with Gasteiger partial charge in [-0.3, -0.25) is 4.99 Å². The third kappa shape index (κ3) is 2.25. The van der Waals surface area contributed by atoms with Gasteiger partial charge in [-0.2, -0.15) is 0 Å². The summed E-state index contributed by atoms with van der Waals surface area (Å²) in [6, 6.07) is 8.36. The van der Waals surface area contributed by atoms with Gasteiger partial charge in [-0.15, -0.1) is 0 Å². The van der Waals surface area contributed by atoms with E-state index in [1.807, 2.05) is 24.3 Å². The molecule has 23 heavy (non-hydrogen) atoms. The number of aliphatic imine (C=N–C) groups is 2. The highest BCUT2D eigenvalue weighted by atomic mass is 14.9. The van der Waals surface area contributed by atoms with Crippen molar-refractivity contribution in [2.24, 2.45) is 9.98 Å². The van der Waals surface area contributed by atoms with Crippen LogP contribution < -0.4 is 10.7 Å². The van der Waals surface area contributed by atoms with Crippen molar-refractivity contribution in [3.05, 3.63) is 82.4 Å². The van der Waals surface area contributed by atoms with E-state index in [0.717, 1.165) is 39.2 Å². The highest BCUT2D eigenvalue weighted by molar-refractivity contribution is 6.19. The molecule has 0 amide bonds. The van der Waals surface area contributed by atoms with Gasteiger partial charge in [-0.25, -0.2) is 4.99 Å². The molecular weight excluding hydrogens is 284 g/mol. The fraction of sp³-hybridized carbons (Fsp3) is 0.0526. The van der Waals surface area contributed by atoms with E-state index < -0.39 is 0 Å². The summed E-state index contributed by atoms with van der Waals surface area (Å²) in [5.41, 5.74) is 5.00. The number of aromatic amines is 2. The molecule has 0 saturated carbocycles. The van der Waals surface area contributed by atoms with Gasteiger partial charge in [0.1, 0.15) is 6.04 Å². The van der Waals surface area contributed by atoms with Crippen LogP contribution in [0.1, 0.15) is 17.4 Å². The Morgan fingerprint density at radius 1 is 0.783 bits per heavy atom. The zero-order valence-electron chi connectivity index (χ0n) is 12.3. The molecule has 1 atom stereocenters. The molecule has 110 valence electrons. The van der Waals surface area contributed by atoms with Gasteiger partial charge in [-0.05, 0) is 60.7 Å². The quantitative estimate of drug-likeness (QED) is 0.746. The molecule has 3 aliphatic heterocycles. The monoisotopic (exact) mass is 298 g/mol. The van der Waals surface area contributed by atoms with Gasteiger partial charge in [0.2, 0.25) is 0 Å². The molecule has 0 saturated heterocycles. The average Bonchev–Trinajstić information content (AvgIpc) is 3.28. The van der Waals surface area contributed by atoms with E-state index in [2.05, 4.69) is 57.5 Å². The van der Waals surface area contributed by atoms with Crippen LogP contribution >= 0.6 is 0 Å². The van der Waals surface area contributed by atoms with Gasteiger partial charge in [-0.1, -0.05) is 6.08 Å². The summed E-state index contributed by atoms with van der Waals surface area (Å²) in [4.78, 5) is 16.2. The third-order valence-electron chi connectivity index (χ3n) is 4.11. The summed E-state index contributed by atoms with van der Waals surface area (Å²) in [5.74, 6) is 0. The Morgan fingerprint density at radius 3 is 2.65 bits per heavy atom. The maximum absolute atomic E-state index is 4.74. The third-order valence-corrected chi connectivity index (χ3v) is 4.11. The minimum Gasteiger partial charge on any atom is -0.357 e. The van der Waals surface area contributed by atoms with Crippen LogP contribution in [0.5, 0.6) is 0 Å². The topological polar surface area (TPSA) is 56.3 Å². The number of allylic oxidation sites excluding steroid dienone is 4. The highest BCUT2D eigenvalue weighted by Crippen LogP contribution is 2.24. The second kappa shape index (κ2) is 4.68. The molecule has 0 aliphatic carbocycles. The second-order valence-electron chi connectivity index (χ2n) is 5.82. The number of nitrogens with zero attached hydrogens (tertiary/aromatic N) is 2. The van der Waals surface area contributed by atoms with Gasteiger partial charge in [0.15, 0.2) is 0 Å². The van der Waals surface area contributed by atoms with Crippen LogP contribution in [0.2, 0.25) is 0 Å². The molecule has 2 aromatic heterocycles. The Kier molecular flexibility index (Phi) is 2.52. The summed E-state index contributed by atoms with van der Waals surface area (Å²) in [7, 11) is 0. The molecule has 0 radical (unpaired) electrons. The maximum atomic E-state index is 4.74. The lowest BCUT2D eigenvalue weighted by Gasteiger charge is -2.01. The van der Waals surface area contributed by atoms with Crippen molar-refractivity contribution in [1.29, 1.82) is 0 Å². The number of hydrogen-bond acceptors (Lipinski definition) is 2. The molecule has 4 heteroatoms. The van der Waals surface area contributed by atoms with Crippen LogP contribution in [-0.4, -0.2) is 21.4 Å². The number of nitrogens with one attached hydrogen (secondary N) is 2. The Morgan fingerprint density at radius 2 is 1.70 bits per heavy atom. The summed E-state index contributed by atoms with van der Waals surface area (Å²) in [6.45, 7) is 0. The molecule has 1 unspecified atom stereocenters. The number of aromatic nitrogens is 2. The normalized spacial score (nSPS) is 26.1. The molecule has 0 spiro atoms. The van der Waals surface area contributed by atoms with Crippen LogP contribution in [0.3, 0.4) is 0 Å². The molecular formula is C19H14N4. The Hall–Kier alpha value is -3.14. The minimum atomic E-state index is 0.0497. The lowest BCUT2D eigenvalue weighted by molar-refractivity contribution is 0.891. The smallest absolute Gasteiger partial charge is 0.109 e. The van der Waals surface area contributed by atoms with E-state index in [-0.39, 0.29) is 6.04 Å². The predicted molar refractivity (Wildman–Crippen MR) is 92.8 cm³/mol. The largest absolute Gasteiger partial charge is 0.357 e.